The second kappa shape index (κ2) is 9.17. The Morgan fingerprint density at radius 1 is 1.50 bits per heavy atom. The van der Waals surface area contributed by atoms with Crippen molar-refractivity contribution >= 4 is 36.2 Å². The largest absolute Gasteiger partial charge is 0.750 e. The third-order valence-corrected chi connectivity index (χ3v) is 0. The fraction of sp³-hybridized carbons (Fsp3) is 0. The van der Waals surface area contributed by atoms with Crippen LogP contribution in [0.1, 0.15) is 0 Å². The van der Waals surface area contributed by atoms with Gasteiger partial charge in [-0.15, -0.1) is 24.8 Å². The summed E-state index contributed by atoms with van der Waals surface area (Å²) in [5, 5.41) is 0. The third-order valence-electron chi connectivity index (χ3n) is 0. The predicted octanol–water partition coefficient (Wildman–Crippen LogP) is 0.182. The van der Waals surface area contributed by atoms with Crippen molar-refractivity contribution in [1.82, 2.24) is 0 Å². The van der Waals surface area contributed by atoms with Crippen molar-refractivity contribution in [2.45, 2.75) is 0 Å². The molecule has 0 fully saturated rings. The molecule has 0 radical (unpaired) electrons. The lowest BCUT2D eigenvalue weighted by Crippen LogP contribution is -1.75. The summed E-state index contributed by atoms with van der Waals surface area (Å²) in [7, 11) is 0. The third kappa shape index (κ3) is 147. The van der Waals surface area contributed by atoms with E-state index in [0.717, 1.165) is 0 Å². The fourth-order valence-electron chi connectivity index (χ4n) is 0. The van der Waals surface area contributed by atoms with E-state index in [1.807, 2.05) is 0 Å². The summed E-state index contributed by atoms with van der Waals surface area (Å²) in [5.74, 6) is 0. The van der Waals surface area contributed by atoms with Gasteiger partial charge in [-0.3, -0.25) is 0 Å². The van der Waals surface area contributed by atoms with Crippen molar-refractivity contribution in [3.05, 3.63) is 0 Å². The van der Waals surface area contributed by atoms with Crippen molar-refractivity contribution in [2.24, 2.45) is 0 Å². The monoisotopic (exact) mass is 153 g/mol. The van der Waals surface area contributed by atoms with Crippen LogP contribution in [0.2, 0.25) is 0 Å². The van der Waals surface area contributed by atoms with Crippen LogP contribution >= 0.6 is 24.8 Å². The zero-order chi connectivity index (χ0) is 3.58. The first kappa shape index (κ1) is 15.9. The first-order valence-electron chi connectivity index (χ1n) is 0.516. The number of hydrogen-bond acceptors (Lipinski definition) is 2. The minimum Gasteiger partial charge on any atom is -0.750 e. The quantitative estimate of drug-likeness (QED) is 0.506. The molecule has 0 heterocycles. The summed E-state index contributed by atoms with van der Waals surface area (Å²) in [5.41, 5.74) is 0. The summed E-state index contributed by atoms with van der Waals surface area (Å²) in [6.45, 7) is 0. The highest BCUT2D eigenvalue weighted by atomic mass is 35.5. The zero-order valence-electron chi connectivity index (χ0n) is 2.49. The molecule has 6 heavy (non-hydrogen) atoms. The van der Waals surface area contributed by atoms with Crippen molar-refractivity contribution in [2.75, 3.05) is 0 Å². The molecular weight excluding hydrogens is 151 g/mol. The van der Waals surface area contributed by atoms with E-state index in [1.54, 1.807) is 0 Å². The van der Waals surface area contributed by atoms with Crippen molar-refractivity contribution in [3.63, 3.8) is 0 Å². The first-order valence-corrected chi connectivity index (χ1v) is 1.55. The Hall–Kier alpha value is 0.650. The smallest absolute Gasteiger partial charge is 0.0814 e. The Balaban J connectivity index is -0.0000000450. The van der Waals surface area contributed by atoms with Gasteiger partial charge in [0.2, 0.25) is 0 Å². The molecule has 1 unspecified atom stereocenters. The molecule has 3 nitrogen and oxygen atoms in total. The van der Waals surface area contributed by atoms with Gasteiger partial charge >= 0.3 is 0 Å². The molecule has 0 saturated heterocycles. The molecule has 0 aliphatic rings. The van der Waals surface area contributed by atoms with E-state index in [1.165, 1.54) is 0 Å². The average molecular weight is 154 g/mol. The molecule has 0 aliphatic carbocycles. The van der Waals surface area contributed by atoms with Crippen LogP contribution in [0.3, 0.4) is 0 Å². The van der Waals surface area contributed by atoms with Crippen LogP contribution < -0.4 is 0 Å². The van der Waals surface area contributed by atoms with Gasteiger partial charge in [-0.05, 0) is 0 Å². The molecule has 0 aromatic heterocycles. The van der Waals surface area contributed by atoms with Crippen molar-refractivity contribution in [1.29, 1.82) is 0 Å². The van der Waals surface area contributed by atoms with Gasteiger partial charge in [0.05, 0.1) is 11.4 Å². The minimum absolute atomic E-state index is 0. The van der Waals surface area contributed by atoms with Crippen LogP contribution in [0.15, 0.2) is 0 Å². The molecule has 0 bridgehead atoms. The van der Waals surface area contributed by atoms with Gasteiger partial charge in [0.25, 0.3) is 0 Å². The van der Waals surface area contributed by atoms with Gasteiger partial charge in [0.15, 0.2) is 0 Å². The standard InChI is InChI=1S/2ClH.H2O3S/c;;1-4(2)3/h2*1H;(H2,1,2,3)/p-1. The van der Waals surface area contributed by atoms with E-state index in [0.29, 0.717) is 0 Å². The van der Waals surface area contributed by atoms with Crippen LogP contribution in [0, 0.1) is 0 Å². The lowest BCUT2D eigenvalue weighted by atomic mass is 15.8. The molecule has 0 amide bonds. The predicted molar refractivity (Wildman–Crippen MR) is 26.0 cm³/mol. The van der Waals surface area contributed by atoms with E-state index < -0.39 is 11.4 Å². The van der Waals surface area contributed by atoms with Crippen LogP contribution in [-0.4, -0.2) is 13.3 Å². The van der Waals surface area contributed by atoms with E-state index in [-0.39, 0.29) is 24.8 Å². The molecule has 0 aromatic rings. The topological polar surface area (TPSA) is 60.4 Å². The molecule has 1 N–H and O–H groups in total. The summed E-state index contributed by atoms with van der Waals surface area (Å²) >= 11 is -2.86. The molecule has 0 rings (SSSR count). The van der Waals surface area contributed by atoms with Gasteiger partial charge in [-0.2, -0.15) is 0 Å². The molecule has 1 atom stereocenters. The Kier molecular flexibility index (Phi) is 24.4. The Morgan fingerprint density at radius 3 is 1.50 bits per heavy atom. The molecule has 0 spiro atoms. The summed E-state index contributed by atoms with van der Waals surface area (Å²) < 4.78 is 24.1. The first-order chi connectivity index (χ1) is 1.73. The van der Waals surface area contributed by atoms with Crippen LogP contribution in [0.25, 0.3) is 0 Å². The highest BCUT2D eigenvalue weighted by Crippen LogP contribution is 1.43. The van der Waals surface area contributed by atoms with E-state index in [4.69, 9.17) is 13.3 Å². The van der Waals surface area contributed by atoms with Crippen LogP contribution in [0.5, 0.6) is 0 Å². The van der Waals surface area contributed by atoms with E-state index in [9.17, 15) is 0 Å². The lowest BCUT2D eigenvalue weighted by molar-refractivity contribution is 0.436. The van der Waals surface area contributed by atoms with E-state index >= 15 is 0 Å². The zero-order valence-corrected chi connectivity index (χ0v) is 4.94. The highest BCUT2D eigenvalue weighted by Gasteiger charge is 1.42. The van der Waals surface area contributed by atoms with Gasteiger partial charge < -0.3 is 9.11 Å². The number of rotatable bonds is 0. The van der Waals surface area contributed by atoms with Gasteiger partial charge in [-0.1, -0.05) is 0 Å². The van der Waals surface area contributed by atoms with Crippen LogP contribution in [-0.2, 0) is 11.4 Å². The molecule has 0 aromatic carbocycles. The number of halogens is 2. The highest BCUT2D eigenvalue weighted by molar-refractivity contribution is 7.73. The van der Waals surface area contributed by atoms with Crippen LogP contribution in [0.4, 0.5) is 0 Å². The summed E-state index contributed by atoms with van der Waals surface area (Å²) in [6.07, 6.45) is 0. The molecule has 6 heteroatoms. The molecular formula is H3Cl2O3S-. The second-order valence-corrected chi connectivity index (χ2v) is 0.651. The number of hydrogen-bond donors (Lipinski definition) is 1. The molecule has 0 saturated carbocycles. The summed E-state index contributed by atoms with van der Waals surface area (Å²) in [6, 6.07) is 0. The minimum atomic E-state index is -2.86. The second-order valence-electron chi connectivity index (χ2n) is 0.217. The van der Waals surface area contributed by atoms with Crippen molar-refractivity contribution < 1.29 is 13.3 Å². The maximum absolute atomic E-state index is 8.56. The molecule has 0 aliphatic heterocycles. The Morgan fingerprint density at radius 2 is 1.50 bits per heavy atom. The molecule has 42 valence electrons. The SMILES string of the molecule is Cl.Cl.O=S([O-])O. The van der Waals surface area contributed by atoms with E-state index in [2.05, 4.69) is 0 Å². The average Bonchev–Trinajstić information content (AvgIpc) is 0.811. The normalized spacial score (nSPS) is 10.3. The maximum atomic E-state index is 8.56. The van der Waals surface area contributed by atoms with Gasteiger partial charge in [-0.25, -0.2) is 4.21 Å². The Bertz CT molecular complexity index is 31.8. The van der Waals surface area contributed by atoms with Crippen molar-refractivity contribution in [3.8, 4) is 0 Å². The van der Waals surface area contributed by atoms with Gasteiger partial charge in [0.1, 0.15) is 0 Å². The fourth-order valence-corrected chi connectivity index (χ4v) is 0. The summed E-state index contributed by atoms with van der Waals surface area (Å²) in [4.78, 5) is 0. The maximum Gasteiger partial charge on any atom is 0.0814 e. The Labute approximate surface area is 50.1 Å². The lowest BCUT2D eigenvalue weighted by Gasteiger charge is -1.83. The van der Waals surface area contributed by atoms with Gasteiger partial charge in [0, 0.05) is 0 Å².